The first-order chi connectivity index (χ1) is 8.98. The smallest absolute Gasteiger partial charge is 0.165 e. The molecular formula is C16H22BrNO. The van der Waals surface area contributed by atoms with Crippen molar-refractivity contribution in [3.8, 4) is 0 Å². The van der Waals surface area contributed by atoms with Crippen LogP contribution >= 0.6 is 15.9 Å². The molecule has 19 heavy (non-hydrogen) atoms. The number of rotatable bonds is 4. The molecule has 1 aliphatic rings. The van der Waals surface area contributed by atoms with Crippen molar-refractivity contribution in [2.45, 2.75) is 33.1 Å². The van der Waals surface area contributed by atoms with Gasteiger partial charge in [0.1, 0.15) is 0 Å². The molecule has 0 unspecified atom stereocenters. The number of Topliss-reactive ketones (excluding diaryl/α,β-unsaturated/α-hetero) is 1. The maximum Gasteiger partial charge on any atom is 0.165 e. The fourth-order valence-electron chi connectivity index (χ4n) is 2.46. The van der Waals surface area contributed by atoms with Crippen LogP contribution in [0.4, 0.5) is 0 Å². The molecule has 104 valence electrons. The Bertz CT molecular complexity index is 446. The zero-order valence-electron chi connectivity index (χ0n) is 11.8. The Morgan fingerprint density at radius 2 is 1.89 bits per heavy atom. The molecule has 2 rings (SSSR count). The average molecular weight is 324 g/mol. The number of halogens is 1. The second-order valence-electron chi connectivity index (χ2n) is 6.16. The van der Waals surface area contributed by atoms with E-state index in [-0.39, 0.29) is 5.78 Å². The van der Waals surface area contributed by atoms with Crippen molar-refractivity contribution in [2.75, 3.05) is 19.6 Å². The molecule has 2 nitrogen and oxygen atoms in total. The molecule has 0 aromatic heterocycles. The number of ketones is 1. The van der Waals surface area contributed by atoms with E-state index in [1.807, 2.05) is 24.3 Å². The van der Waals surface area contributed by atoms with Gasteiger partial charge in [0.05, 0.1) is 0 Å². The Morgan fingerprint density at radius 1 is 1.26 bits per heavy atom. The molecule has 0 spiro atoms. The summed E-state index contributed by atoms with van der Waals surface area (Å²) in [5, 5.41) is 0. The van der Waals surface area contributed by atoms with E-state index in [4.69, 9.17) is 0 Å². The lowest BCUT2D eigenvalue weighted by Gasteiger charge is -2.36. The van der Waals surface area contributed by atoms with E-state index in [0.29, 0.717) is 11.8 Å². The Morgan fingerprint density at radius 3 is 2.53 bits per heavy atom. The van der Waals surface area contributed by atoms with Gasteiger partial charge in [-0.1, -0.05) is 48.0 Å². The summed E-state index contributed by atoms with van der Waals surface area (Å²) in [5.74, 6) is 0.234. The van der Waals surface area contributed by atoms with Gasteiger partial charge < -0.3 is 4.90 Å². The van der Waals surface area contributed by atoms with Crippen LogP contribution in [-0.2, 0) is 0 Å². The minimum atomic E-state index is 0.234. The van der Waals surface area contributed by atoms with E-state index in [2.05, 4.69) is 34.7 Å². The highest BCUT2D eigenvalue weighted by Gasteiger charge is 2.25. The molecule has 1 aromatic carbocycles. The van der Waals surface area contributed by atoms with Crippen LogP contribution in [0.15, 0.2) is 28.7 Å². The van der Waals surface area contributed by atoms with Crippen LogP contribution < -0.4 is 0 Å². The van der Waals surface area contributed by atoms with Gasteiger partial charge in [-0.3, -0.25) is 4.79 Å². The zero-order valence-corrected chi connectivity index (χ0v) is 13.4. The summed E-state index contributed by atoms with van der Waals surface area (Å²) < 4.78 is 0.903. The highest BCUT2D eigenvalue weighted by atomic mass is 79.9. The van der Waals surface area contributed by atoms with Gasteiger partial charge in [-0.05, 0) is 37.4 Å². The van der Waals surface area contributed by atoms with Gasteiger partial charge in [-0.2, -0.15) is 0 Å². The van der Waals surface area contributed by atoms with Gasteiger partial charge in [-0.15, -0.1) is 0 Å². The summed E-state index contributed by atoms with van der Waals surface area (Å²) in [7, 11) is 0. The lowest BCUT2D eigenvalue weighted by atomic mass is 9.82. The minimum Gasteiger partial charge on any atom is -0.303 e. The number of hydrogen-bond donors (Lipinski definition) is 0. The van der Waals surface area contributed by atoms with Crippen LogP contribution in [-0.4, -0.2) is 30.3 Å². The normalized spacial score (nSPS) is 19.3. The summed E-state index contributed by atoms with van der Waals surface area (Å²) >= 11 is 3.44. The zero-order chi connectivity index (χ0) is 13.9. The first-order valence-electron chi connectivity index (χ1n) is 6.98. The molecule has 1 saturated heterocycles. The molecule has 0 atom stereocenters. The molecule has 0 amide bonds. The molecule has 1 aliphatic heterocycles. The number of piperidine rings is 1. The highest BCUT2D eigenvalue weighted by Crippen LogP contribution is 2.29. The number of likely N-dealkylation sites (tertiary alicyclic amines) is 1. The SMILES string of the molecule is CC1(C)CCN(CCC(=O)c2ccccc2Br)CC1. The van der Waals surface area contributed by atoms with Crippen molar-refractivity contribution in [2.24, 2.45) is 5.41 Å². The van der Waals surface area contributed by atoms with Crippen molar-refractivity contribution < 1.29 is 4.79 Å². The predicted octanol–water partition coefficient (Wildman–Crippen LogP) is 4.14. The molecule has 0 aliphatic carbocycles. The van der Waals surface area contributed by atoms with Crippen molar-refractivity contribution in [1.82, 2.24) is 4.90 Å². The first kappa shape index (κ1) is 14.7. The summed E-state index contributed by atoms with van der Waals surface area (Å²) in [6, 6.07) is 7.68. The molecule has 0 bridgehead atoms. The third-order valence-electron chi connectivity index (χ3n) is 4.04. The van der Waals surface area contributed by atoms with E-state index in [9.17, 15) is 4.79 Å². The summed E-state index contributed by atoms with van der Waals surface area (Å²) in [6.45, 7) is 7.79. The number of carbonyl (C=O) groups is 1. The van der Waals surface area contributed by atoms with E-state index >= 15 is 0 Å². The van der Waals surface area contributed by atoms with Crippen LogP contribution in [0.1, 0.15) is 43.5 Å². The van der Waals surface area contributed by atoms with E-state index < -0.39 is 0 Å². The fourth-order valence-corrected chi connectivity index (χ4v) is 2.97. The summed E-state index contributed by atoms with van der Waals surface area (Å²) in [5.41, 5.74) is 1.28. The van der Waals surface area contributed by atoms with Crippen LogP contribution in [0.2, 0.25) is 0 Å². The van der Waals surface area contributed by atoms with Gasteiger partial charge in [0.25, 0.3) is 0 Å². The van der Waals surface area contributed by atoms with Gasteiger partial charge in [0, 0.05) is 23.0 Å². The maximum atomic E-state index is 12.2. The van der Waals surface area contributed by atoms with E-state index in [1.54, 1.807) is 0 Å². The van der Waals surface area contributed by atoms with E-state index in [1.165, 1.54) is 12.8 Å². The number of carbonyl (C=O) groups excluding carboxylic acids is 1. The fraction of sp³-hybridized carbons (Fsp3) is 0.562. The Kier molecular flexibility index (Phi) is 4.80. The lowest BCUT2D eigenvalue weighted by Crippen LogP contribution is -2.38. The largest absolute Gasteiger partial charge is 0.303 e. The van der Waals surface area contributed by atoms with Crippen LogP contribution in [0, 0.1) is 5.41 Å². The molecule has 0 saturated carbocycles. The van der Waals surface area contributed by atoms with Gasteiger partial charge in [0.2, 0.25) is 0 Å². The molecule has 0 N–H and O–H groups in total. The molecule has 1 aromatic rings. The monoisotopic (exact) mass is 323 g/mol. The summed E-state index contributed by atoms with van der Waals surface area (Å²) in [4.78, 5) is 14.6. The van der Waals surface area contributed by atoms with Gasteiger partial charge in [-0.25, -0.2) is 0 Å². The number of hydrogen-bond acceptors (Lipinski definition) is 2. The van der Waals surface area contributed by atoms with Crippen molar-refractivity contribution in [3.05, 3.63) is 34.3 Å². The standard InChI is InChI=1S/C16H22BrNO/c1-16(2)8-11-18(12-9-16)10-7-15(19)13-5-3-4-6-14(13)17/h3-6H,7-12H2,1-2H3. The molecule has 1 heterocycles. The number of benzene rings is 1. The second kappa shape index (κ2) is 6.19. The minimum absolute atomic E-state index is 0.234. The van der Waals surface area contributed by atoms with Crippen molar-refractivity contribution in [1.29, 1.82) is 0 Å². The average Bonchev–Trinajstić information content (AvgIpc) is 2.38. The second-order valence-corrected chi connectivity index (χ2v) is 7.01. The predicted molar refractivity (Wildman–Crippen MR) is 82.5 cm³/mol. The first-order valence-corrected chi connectivity index (χ1v) is 7.77. The van der Waals surface area contributed by atoms with Gasteiger partial charge in [0.15, 0.2) is 5.78 Å². The van der Waals surface area contributed by atoms with Crippen LogP contribution in [0.5, 0.6) is 0 Å². The molecule has 3 heteroatoms. The van der Waals surface area contributed by atoms with Crippen LogP contribution in [0.25, 0.3) is 0 Å². The van der Waals surface area contributed by atoms with Gasteiger partial charge >= 0.3 is 0 Å². The highest BCUT2D eigenvalue weighted by molar-refractivity contribution is 9.10. The Labute approximate surface area is 124 Å². The Hall–Kier alpha value is -0.670. The lowest BCUT2D eigenvalue weighted by molar-refractivity contribution is 0.0926. The quantitative estimate of drug-likeness (QED) is 0.776. The van der Waals surface area contributed by atoms with Crippen molar-refractivity contribution >= 4 is 21.7 Å². The molecule has 0 radical (unpaired) electrons. The molecular weight excluding hydrogens is 302 g/mol. The third kappa shape index (κ3) is 4.15. The number of nitrogens with zero attached hydrogens (tertiary/aromatic N) is 1. The van der Waals surface area contributed by atoms with Crippen LogP contribution in [0.3, 0.4) is 0 Å². The van der Waals surface area contributed by atoms with Crippen molar-refractivity contribution in [3.63, 3.8) is 0 Å². The maximum absolute atomic E-state index is 12.2. The summed E-state index contributed by atoms with van der Waals surface area (Å²) in [6.07, 6.45) is 3.08. The van der Waals surface area contributed by atoms with E-state index in [0.717, 1.165) is 29.7 Å². The topological polar surface area (TPSA) is 20.3 Å². The Balaban J connectivity index is 1.83. The molecule has 1 fully saturated rings. The third-order valence-corrected chi connectivity index (χ3v) is 4.73.